The summed E-state index contributed by atoms with van der Waals surface area (Å²) in [4.78, 5) is 6.26. The van der Waals surface area contributed by atoms with E-state index in [0.717, 1.165) is 29.9 Å². The van der Waals surface area contributed by atoms with Gasteiger partial charge in [0.05, 0.1) is 12.4 Å². The molecule has 6 heteroatoms. The van der Waals surface area contributed by atoms with Gasteiger partial charge in [-0.1, -0.05) is 6.92 Å². The number of hydrogen-bond donors (Lipinski definition) is 1. The van der Waals surface area contributed by atoms with Crippen molar-refractivity contribution in [3.8, 4) is 0 Å². The average Bonchev–Trinajstić information content (AvgIpc) is 2.84. The molecule has 2 aromatic rings. The predicted molar refractivity (Wildman–Crippen MR) is 81.5 cm³/mol. The Labute approximate surface area is 124 Å². The third-order valence-electron chi connectivity index (χ3n) is 3.19. The highest BCUT2D eigenvalue weighted by molar-refractivity contribution is 5.46. The van der Waals surface area contributed by atoms with Gasteiger partial charge in [-0.05, 0) is 19.0 Å². The summed E-state index contributed by atoms with van der Waals surface area (Å²) in [6.45, 7) is 4.31. The fraction of sp³-hybridized carbons (Fsp3) is 0.467. The van der Waals surface area contributed by atoms with Crippen LogP contribution in [0.2, 0.25) is 0 Å². The summed E-state index contributed by atoms with van der Waals surface area (Å²) in [6, 6.07) is 1.55. The van der Waals surface area contributed by atoms with E-state index in [2.05, 4.69) is 22.3 Å². The van der Waals surface area contributed by atoms with Crippen LogP contribution in [0.15, 0.2) is 24.7 Å². The number of pyridine rings is 1. The van der Waals surface area contributed by atoms with E-state index in [1.54, 1.807) is 10.7 Å². The molecule has 0 aliphatic carbocycles. The van der Waals surface area contributed by atoms with E-state index in [-0.39, 0.29) is 5.82 Å². The lowest BCUT2D eigenvalue weighted by molar-refractivity contribution is 0.610. The Hall–Kier alpha value is -1.95. The van der Waals surface area contributed by atoms with Crippen molar-refractivity contribution in [2.45, 2.75) is 26.4 Å². The van der Waals surface area contributed by atoms with Gasteiger partial charge >= 0.3 is 0 Å². The molecule has 2 aromatic heterocycles. The van der Waals surface area contributed by atoms with Gasteiger partial charge in [0.1, 0.15) is 11.6 Å². The molecule has 1 N–H and O–H groups in total. The molecule has 0 bridgehead atoms. The van der Waals surface area contributed by atoms with Crippen LogP contribution in [-0.4, -0.2) is 28.4 Å². The number of rotatable bonds is 7. The van der Waals surface area contributed by atoms with Gasteiger partial charge in [-0.2, -0.15) is 5.10 Å². The normalized spacial score (nSPS) is 10.9. The van der Waals surface area contributed by atoms with E-state index < -0.39 is 0 Å². The Kier molecular flexibility index (Phi) is 5.27. The maximum atomic E-state index is 13.4. The molecule has 0 atom stereocenters. The highest BCUT2D eigenvalue weighted by atomic mass is 19.1. The molecule has 0 radical (unpaired) electrons. The van der Waals surface area contributed by atoms with Gasteiger partial charge in [0.25, 0.3) is 0 Å². The molecule has 0 fully saturated rings. The van der Waals surface area contributed by atoms with Gasteiger partial charge in [-0.15, -0.1) is 0 Å². The lowest BCUT2D eigenvalue weighted by atomic mass is 10.2. The van der Waals surface area contributed by atoms with E-state index in [0.29, 0.717) is 13.1 Å². The molecule has 0 aliphatic rings. The molecule has 0 aliphatic heterocycles. The topological polar surface area (TPSA) is 46.0 Å². The first kappa shape index (κ1) is 15.4. The fourth-order valence-electron chi connectivity index (χ4n) is 2.25. The largest absolute Gasteiger partial charge is 0.355 e. The van der Waals surface area contributed by atoms with Crippen LogP contribution >= 0.6 is 0 Å². The fourth-order valence-corrected chi connectivity index (χ4v) is 2.25. The average molecular weight is 291 g/mol. The van der Waals surface area contributed by atoms with Crippen molar-refractivity contribution < 1.29 is 4.39 Å². The van der Waals surface area contributed by atoms with Crippen molar-refractivity contribution in [2.24, 2.45) is 7.05 Å². The molecule has 2 rings (SSSR count). The van der Waals surface area contributed by atoms with E-state index in [1.165, 1.54) is 6.20 Å². The Balaban J connectivity index is 2.12. The Morgan fingerprint density at radius 1 is 1.38 bits per heavy atom. The molecular weight excluding hydrogens is 269 g/mol. The number of aryl methyl sites for hydroxylation is 1. The quantitative estimate of drug-likeness (QED) is 0.794. The smallest absolute Gasteiger partial charge is 0.141 e. The molecule has 0 spiro atoms. The summed E-state index contributed by atoms with van der Waals surface area (Å²) in [5.41, 5.74) is 1.97. The van der Waals surface area contributed by atoms with Crippen LogP contribution in [0.1, 0.15) is 24.5 Å². The van der Waals surface area contributed by atoms with Crippen LogP contribution in [-0.2, 0) is 20.1 Å². The first-order valence-corrected chi connectivity index (χ1v) is 7.14. The molecule has 0 amide bonds. The summed E-state index contributed by atoms with van der Waals surface area (Å²) in [6.07, 6.45) is 6.10. The zero-order chi connectivity index (χ0) is 15.2. The Morgan fingerprint density at radius 2 is 2.19 bits per heavy atom. The second-order valence-electron chi connectivity index (χ2n) is 5.19. The minimum atomic E-state index is -0.304. The monoisotopic (exact) mass is 291 g/mol. The molecule has 2 heterocycles. The van der Waals surface area contributed by atoms with E-state index in [1.807, 2.05) is 31.4 Å². The van der Waals surface area contributed by atoms with Crippen molar-refractivity contribution in [3.05, 3.63) is 41.6 Å². The highest BCUT2D eigenvalue weighted by Gasteiger charge is 2.11. The minimum Gasteiger partial charge on any atom is -0.355 e. The van der Waals surface area contributed by atoms with Gasteiger partial charge < -0.3 is 10.2 Å². The summed E-state index contributed by atoms with van der Waals surface area (Å²) >= 11 is 0. The maximum Gasteiger partial charge on any atom is 0.141 e. The lowest BCUT2D eigenvalue weighted by Crippen LogP contribution is -2.22. The number of halogens is 1. The molecule has 21 heavy (non-hydrogen) atoms. The zero-order valence-corrected chi connectivity index (χ0v) is 12.8. The molecule has 0 saturated heterocycles. The highest BCUT2D eigenvalue weighted by Crippen LogP contribution is 2.19. The Morgan fingerprint density at radius 3 is 2.86 bits per heavy atom. The SMILES string of the molecule is CCCNCc1cc(F)cnc1N(C)Cc1cnn(C)c1. The van der Waals surface area contributed by atoms with E-state index in [4.69, 9.17) is 0 Å². The first-order chi connectivity index (χ1) is 10.1. The van der Waals surface area contributed by atoms with Crippen molar-refractivity contribution >= 4 is 5.82 Å². The van der Waals surface area contributed by atoms with Crippen molar-refractivity contribution in [1.29, 1.82) is 0 Å². The number of aromatic nitrogens is 3. The Bertz CT molecular complexity index is 581. The van der Waals surface area contributed by atoms with Gasteiger partial charge in [0.2, 0.25) is 0 Å². The number of nitrogens with one attached hydrogen (secondary N) is 1. The summed E-state index contributed by atoms with van der Waals surface area (Å²) in [5, 5.41) is 7.45. The lowest BCUT2D eigenvalue weighted by Gasteiger charge is -2.20. The minimum absolute atomic E-state index is 0.304. The second-order valence-corrected chi connectivity index (χ2v) is 5.19. The maximum absolute atomic E-state index is 13.4. The summed E-state index contributed by atoms with van der Waals surface area (Å²) in [7, 11) is 3.84. The molecule has 114 valence electrons. The van der Waals surface area contributed by atoms with Gasteiger partial charge in [0, 0.05) is 44.5 Å². The van der Waals surface area contributed by atoms with Crippen molar-refractivity contribution in [2.75, 3.05) is 18.5 Å². The van der Waals surface area contributed by atoms with Crippen LogP contribution < -0.4 is 10.2 Å². The molecule has 0 unspecified atom stereocenters. The van der Waals surface area contributed by atoms with Gasteiger partial charge in [-0.25, -0.2) is 9.37 Å². The van der Waals surface area contributed by atoms with Crippen LogP contribution in [0.5, 0.6) is 0 Å². The van der Waals surface area contributed by atoms with Gasteiger partial charge in [0.15, 0.2) is 0 Å². The van der Waals surface area contributed by atoms with E-state index >= 15 is 0 Å². The molecule has 0 saturated carbocycles. The molecular formula is C15H22FN5. The predicted octanol–water partition coefficient (Wildman–Crippen LogP) is 2.09. The number of nitrogens with zero attached hydrogens (tertiary/aromatic N) is 4. The van der Waals surface area contributed by atoms with Crippen molar-refractivity contribution in [3.63, 3.8) is 0 Å². The van der Waals surface area contributed by atoms with Crippen LogP contribution in [0.4, 0.5) is 10.2 Å². The summed E-state index contributed by atoms with van der Waals surface area (Å²) < 4.78 is 15.2. The third-order valence-corrected chi connectivity index (χ3v) is 3.19. The third kappa shape index (κ3) is 4.26. The zero-order valence-electron chi connectivity index (χ0n) is 12.8. The first-order valence-electron chi connectivity index (χ1n) is 7.14. The second kappa shape index (κ2) is 7.17. The van der Waals surface area contributed by atoms with Crippen LogP contribution in [0, 0.1) is 5.82 Å². The molecule has 5 nitrogen and oxygen atoms in total. The van der Waals surface area contributed by atoms with Crippen molar-refractivity contribution in [1.82, 2.24) is 20.1 Å². The standard InChI is InChI=1S/C15H22FN5/c1-4-5-17-8-13-6-14(16)9-18-15(13)20(2)10-12-7-19-21(3)11-12/h6-7,9,11,17H,4-5,8,10H2,1-3H3. The van der Waals surface area contributed by atoms with E-state index in [9.17, 15) is 4.39 Å². The van der Waals surface area contributed by atoms with Crippen LogP contribution in [0.25, 0.3) is 0 Å². The van der Waals surface area contributed by atoms with Crippen LogP contribution in [0.3, 0.4) is 0 Å². The summed E-state index contributed by atoms with van der Waals surface area (Å²) in [5.74, 6) is 0.491. The number of hydrogen-bond acceptors (Lipinski definition) is 4. The number of anilines is 1. The molecule has 0 aromatic carbocycles. The van der Waals surface area contributed by atoms with Gasteiger partial charge in [-0.3, -0.25) is 4.68 Å².